The molecule has 1 aliphatic rings. The molecule has 0 aliphatic carbocycles. The van der Waals surface area contributed by atoms with Gasteiger partial charge in [0.2, 0.25) is 0 Å². The fourth-order valence-corrected chi connectivity index (χ4v) is 2.72. The fraction of sp³-hybridized carbons (Fsp3) is 0.625. The van der Waals surface area contributed by atoms with Gasteiger partial charge in [0.05, 0.1) is 6.10 Å². The number of benzene rings is 1. The first-order valence-electron chi connectivity index (χ1n) is 7.34. The maximum absolute atomic E-state index is 13.4. The van der Waals surface area contributed by atoms with E-state index >= 15 is 0 Å². The van der Waals surface area contributed by atoms with Gasteiger partial charge in [-0.2, -0.15) is 0 Å². The summed E-state index contributed by atoms with van der Waals surface area (Å²) in [5.41, 5.74) is 0.610. The molecule has 2 rings (SSSR count). The van der Waals surface area contributed by atoms with Crippen LogP contribution in [-0.4, -0.2) is 19.7 Å². The van der Waals surface area contributed by atoms with Gasteiger partial charge in [-0.3, -0.25) is 0 Å². The molecule has 1 saturated heterocycles. The SMILES string of the molecule is CC(C)CNCC1CCCOC1c1cc(F)cc(F)c1. The molecule has 0 amide bonds. The summed E-state index contributed by atoms with van der Waals surface area (Å²) in [6, 6.07) is 3.67. The summed E-state index contributed by atoms with van der Waals surface area (Å²) in [5.74, 6) is -0.223. The Balaban J connectivity index is 2.05. The Kier molecular flexibility index (Phi) is 5.49. The van der Waals surface area contributed by atoms with Gasteiger partial charge in [-0.15, -0.1) is 0 Å². The summed E-state index contributed by atoms with van der Waals surface area (Å²) in [4.78, 5) is 0. The molecule has 2 nitrogen and oxygen atoms in total. The van der Waals surface area contributed by atoms with Crippen molar-refractivity contribution in [3.8, 4) is 0 Å². The maximum atomic E-state index is 13.4. The Morgan fingerprint density at radius 1 is 1.25 bits per heavy atom. The normalized spacial score (nSPS) is 23.2. The summed E-state index contributed by atoms with van der Waals surface area (Å²) in [6.07, 6.45) is 1.81. The number of ether oxygens (including phenoxy) is 1. The number of halogens is 2. The van der Waals surface area contributed by atoms with Crippen molar-refractivity contribution < 1.29 is 13.5 Å². The molecule has 1 heterocycles. The quantitative estimate of drug-likeness (QED) is 0.890. The third-order valence-corrected chi connectivity index (χ3v) is 3.62. The summed E-state index contributed by atoms with van der Waals surface area (Å²) in [5, 5.41) is 3.42. The zero-order chi connectivity index (χ0) is 14.5. The van der Waals surface area contributed by atoms with Crippen molar-refractivity contribution in [1.29, 1.82) is 0 Å². The van der Waals surface area contributed by atoms with E-state index in [1.165, 1.54) is 12.1 Å². The zero-order valence-corrected chi connectivity index (χ0v) is 12.2. The molecule has 2 unspecified atom stereocenters. The van der Waals surface area contributed by atoms with Gasteiger partial charge in [0, 0.05) is 25.1 Å². The van der Waals surface area contributed by atoms with E-state index in [0.717, 1.165) is 32.0 Å². The summed E-state index contributed by atoms with van der Waals surface area (Å²) in [6.45, 7) is 6.73. The largest absolute Gasteiger partial charge is 0.373 e. The highest BCUT2D eigenvalue weighted by Crippen LogP contribution is 2.33. The summed E-state index contributed by atoms with van der Waals surface area (Å²) >= 11 is 0. The number of rotatable bonds is 5. The van der Waals surface area contributed by atoms with Crippen molar-refractivity contribution >= 4 is 0 Å². The molecular formula is C16H23F2NO. The van der Waals surface area contributed by atoms with Crippen LogP contribution >= 0.6 is 0 Å². The zero-order valence-electron chi connectivity index (χ0n) is 12.2. The molecule has 1 aromatic rings. The molecule has 0 aromatic heterocycles. The minimum Gasteiger partial charge on any atom is -0.373 e. The van der Waals surface area contributed by atoms with Gasteiger partial charge in [0.15, 0.2) is 0 Å². The molecule has 0 bridgehead atoms. The highest BCUT2D eigenvalue weighted by molar-refractivity contribution is 5.21. The molecule has 0 radical (unpaired) electrons. The van der Waals surface area contributed by atoms with E-state index in [1.807, 2.05) is 0 Å². The van der Waals surface area contributed by atoms with Crippen LogP contribution in [0.5, 0.6) is 0 Å². The average Bonchev–Trinajstić information content (AvgIpc) is 2.37. The Labute approximate surface area is 119 Å². The van der Waals surface area contributed by atoms with Gasteiger partial charge >= 0.3 is 0 Å². The molecule has 20 heavy (non-hydrogen) atoms. The van der Waals surface area contributed by atoms with E-state index in [0.29, 0.717) is 18.1 Å². The lowest BCUT2D eigenvalue weighted by Crippen LogP contribution is -2.33. The second kappa shape index (κ2) is 7.14. The van der Waals surface area contributed by atoms with Crippen LogP contribution in [0.4, 0.5) is 8.78 Å². The first kappa shape index (κ1) is 15.4. The number of nitrogens with one attached hydrogen (secondary N) is 1. The van der Waals surface area contributed by atoms with E-state index in [-0.39, 0.29) is 12.0 Å². The van der Waals surface area contributed by atoms with Crippen LogP contribution in [0.3, 0.4) is 0 Å². The van der Waals surface area contributed by atoms with E-state index < -0.39 is 11.6 Å². The smallest absolute Gasteiger partial charge is 0.126 e. The van der Waals surface area contributed by atoms with Crippen LogP contribution in [0.25, 0.3) is 0 Å². The highest BCUT2D eigenvalue weighted by atomic mass is 19.1. The summed E-state index contributed by atoms with van der Waals surface area (Å²) in [7, 11) is 0. The van der Waals surface area contributed by atoms with Crippen molar-refractivity contribution in [3.05, 3.63) is 35.4 Å². The van der Waals surface area contributed by atoms with E-state index in [1.54, 1.807) is 0 Å². The molecular weight excluding hydrogens is 260 g/mol. The van der Waals surface area contributed by atoms with Gasteiger partial charge in [-0.1, -0.05) is 13.8 Å². The lowest BCUT2D eigenvalue weighted by Gasteiger charge is -2.32. The van der Waals surface area contributed by atoms with Gasteiger partial charge in [0.25, 0.3) is 0 Å². The van der Waals surface area contributed by atoms with Gasteiger partial charge < -0.3 is 10.1 Å². The number of hydrogen-bond donors (Lipinski definition) is 1. The molecule has 4 heteroatoms. The molecule has 0 spiro atoms. The predicted octanol–water partition coefficient (Wildman–Crippen LogP) is 3.68. The van der Waals surface area contributed by atoms with Crippen LogP contribution in [0.15, 0.2) is 18.2 Å². The van der Waals surface area contributed by atoms with Crippen LogP contribution in [0.2, 0.25) is 0 Å². The third kappa shape index (κ3) is 4.25. The van der Waals surface area contributed by atoms with Crippen LogP contribution in [0.1, 0.15) is 38.4 Å². The van der Waals surface area contributed by atoms with Crippen LogP contribution < -0.4 is 5.32 Å². The topological polar surface area (TPSA) is 21.3 Å². The Morgan fingerprint density at radius 3 is 2.60 bits per heavy atom. The van der Waals surface area contributed by atoms with E-state index in [2.05, 4.69) is 19.2 Å². The van der Waals surface area contributed by atoms with Crippen molar-refractivity contribution in [1.82, 2.24) is 5.32 Å². The van der Waals surface area contributed by atoms with E-state index in [4.69, 9.17) is 4.74 Å². The molecule has 1 aliphatic heterocycles. The second-order valence-electron chi connectivity index (χ2n) is 5.95. The molecule has 112 valence electrons. The Bertz CT molecular complexity index is 416. The van der Waals surface area contributed by atoms with Gasteiger partial charge in [-0.25, -0.2) is 8.78 Å². The number of hydrogen-bond acceptors (Lipinski definition) is 2. The minimum atomic E-state index is -0.539. The minimum absolute atomic E-state index is 0.214. The van der Waals surface area contributed by atoms with Gasteiger partial charge in [-0.05, 0) is 43.0 Å². The van der Waals surface area contributed by atoms with E-state index in [9.17, 15) is 8.78 Å². The Morgan fingerprint density at radius 2 is 1.95 bits per heavy atom. The van der Waals surface area contributed by atoms with Crippen molar-refractivity contribution in [2.45, 2.75) is 32.8 Å². The highest BCUT2D eigenvalue weighted by Gasteiger charge is 2.28. The van der Waals surface area contributed by atoms with Crippen LogP contribution in [0, 0.1) is 23.5 Å². The van der Waals surface area contributed by atoms with Crippen molar-refractivity contribution in [2.24, 2.45) is 11.8 Å². The average molecular weight is 283 g/mol. The summed E-state index contributed by atoms with van der Waals surface area (Å²) < 4.78 is 32.5. The molecule has 2 atom stereocenters. The molecule has 1 aromatic carbocycles. The standard InChI is InChI=1S/C16H23F2NO/c1-11(2)9-19-10-12-4-3-5-20-16(12)13-6-14(17)8-15(18)7-13/h6-8,11-12,16,19H,3-5,9-10H2,1-2H3. The van der Waals surface area contributed by atoms with Crippen LogP contribution in [-0.2, 0) is 4.74 Å². The van der Waals surface area contributed by atoms with Crippen molar-refractivity contribution in [2.75, 3.05) is 19.7 Å². The first-order valence-corrected chi connectivity index (χ1v) is 7.34. The first-order chi connectivity index (χ1) is 9.56. The lowest BCUT2D eigenvalue weighted by atomic mass is 9.89. The molecule has 0 saturated carbocycles. The monoisotopic (exact) mass is 283 g/mol. The predicted molar refractivity (Wildman–Crippen MR) is 75.5 cm³/mol. The third-order valence-electron chi connectivity index (χ3n) is 3.62. The Hall–Kier alpha value is -1.00. The molecule has 1 fully saturated rings. The van der Waals surface area contributed by atoms with Gasteiger partial charge in [0.1, 0.15) is 11.6 Å². The lowest BCUT2D eigenvalue weighted by molar-refractivity contribution is -0.0281. The second-order valence-corrected chi connectivity index (χ2v) is 5.95. The maximum Gasteiger partial charge on any atom is 0.126 e. The fourth-order valence-electron chi connectivity index (χ4n) is 2.72. The van der Waals surface area contributed by atoms with Crippen molar-refractivity contribution in [3.63, 3.8) is 0 Å². The molecule has 1 N–H and O–H groups in total.